The van der Waals surface area contributed by atoms with E-state index in [2.05, 4.69) is 15.4 Å². The van der Waals surface area contributed by atoms with Crippen LogP contribution in [0.1, 0.15) is 34.1 Å². The van der Waals surface area contributed by atoms with Crippen molar-refractivity contribution in [1.82, 2.24) is 10.6 Å². The van der Waals surface area contributed by atoms with Crippen LogP contribution >= 0.6 is 0 Å². The smallest absolute Gasteiger partial charge is 0.372 e. The third kappa shape index (κ3) is 10.6. The molecule has 118 valence electrons. The SMILES string of the molecule is CC(NC(=O)CCOCC(F)(F)F)C(=O)NC(C)(C)C. The molecular weight excluding hydrogens is 277 g/mol. The first kappa shape index (κ1) is 18.7. The van der Waals surface area contributed by atoms with Gasteiger partial charge in [-0.15, -0.1) is 0 Å². The molecule has 0 radical (unpaired) electrons. The highest BCUT2D eigenvalue weighted by Crippen LogP contribution is 2.14. The molecule has 0 fully saturated rings. The average Bonchev–Trinajstić information content (AvgIpc) is 2.20. The first-order valence-corrected chi connectivity index (χ1v) is 6.16. The molecule has 0 aromatic heterocycles. The maximum atomic E-state index is 11.8. The number of alkyl halides is 3. The Balaban J connectivity index is 3.94. The Bertz CT molecular complexity index is 338. The Morgan fingerprint density at radius 3 is 2.20 bits per heavy atom. The fourth-order valence-electron chi connectivity index (χ4n) is 1.21. The maximum Gasteiger partial charge on any atom is 0.411 e. The molecule has 5 nitrogen and oxygen atoms in total. The van der Waals surface area contributed by atoms with Crippen molar-refractivity contribution in [1.29, 1.82) is 0 Å². The van der Waals surface area contributed by atoms with E-state index in [4.69, 9.17) is 0 Å². The van der Waals surface area contributed by atoms with E-state index in [0.29, 0.717) is 0 Å². The number of rotatable bonds is 6. The van der Waals surface area contributed by atoms with E-state index in [1.165, 1.54) is 6.92 Å². The predicted molar refractivity (Wildman–Crippen MR) is 67.0 cm³/mol. The van der Waals surface area contributed by atoms with Crippen LogP contribution in [0.5, 0.6) is 0 Å². The lowest BCUT2D eigenvalue weighted by atomic mass is 10.1. The Kier molecular flexibility index (Phi) is 6.98. The number of carbonyl (C=O) groups excluding carboxylic acids is 2. The minimum absolute atomic E-state index is 0.233. The average molecular weight is 298 g/mol. The zero-order valence-corrected chi connectivity index (χ0v) is 12.1. The summed E-state index contributed by atoms with van der Waals surface area (Å²) in [7, 11) is 0. The minimum atomic E-state index is -4.41. The summed E-state index contributed by atoms with van der Waals surface area (Å²) in [6, 6.07) is -0.760. The van der Waals surface area contributed by atoms with E-state index in [1.807, 2.05) is 0 Å². The van der Waals surface area contributed by atoms with Crippen molar-refractivity contribution in [3.8, 4) is 0 Å². The van der Waals surface area contributed by atoms with Crippen LogP contribution in [0.2, 0.25) is 0 Å². The maximum absolute atomic E-state index is 11.8. The van der Waals surface area contributed by atoms with Crippen LogP contribution in [-0.2, 0) is 14.3 Å². The van der Waals surface area contributed by atoms with Gasteiger partial charge in [-0.25, -0.2) is 0 Å². The molecular formula is C12H21F3N2O3. The third-order valence-corrected chi connectivity index (χ3v) is 2.01. The van der Waals surface area contributed by atoms with Gasteiger partial charge in [-0.3, -0.25) is 9.59 Å². The Hall–Kier alpha value is -1.31. The Morgan fingerprint density at radius 1 is 1.20 bits per heavy atom. The Morgan fingerprint density at radius 2 is 1.75 bits per heavy atom. The van der Waals surface area contributed by atoms with E-state index in [1.54, 1.807) is 20.8 Å². The molecule has 1 unspecified atom stereocenters. The van der Waals surface area contributed by atoms with E-state index < -0.39 is 30.3 Å². The van der Waals surface area contributed by atoms with Crippen molar-refractivity contribution in [2.45, 2.75) is 51.9 Å². The standard InChI is InChI=1S/C12H21F3N2O3/c1-8(10(19)17-11(2,3)4)16-9(18)5-6-20-7-12(13,14)15/h8H,5-7H2,1-4H3,(H,16,18)(H,17,19). The highest BCUT2D eigenvalue weighted by Gasteiger charge is 2.27. The van der Waals surface area contributed by atoms with Gasteiger partial charge in [0.1, 0.15) is 12.6 Å². The molecule has 0 heterocycles. The van der Waals surface area contributed by atoms with Crippen LogP contribution in [0.4, 0.5) is 13.2 Å². The monoisotopic (exact) mass is 298 g/mol. The van der Waals surface area contributed by atoms with Crippen molar-refractivity contribution in [2.24, 2.45) is 0 Å². The second-order valence-electron chi connectivity index (χ2n) is 5.45. The molecule has 1 atom stereocenters. The number of halogens is 3. The van der Waals surface area contributed by atoms with E-state index in [9.17, 15) is 22.8 Å². The van der Waals surface area contributed by atoms with Gasteiger partial charge < -0.3 is 15.4 Å². The summed E-state index contributed by atoms with van der Waals surface area (Å²) in [5.74, 6) is -0.897. The summed E-state index contributed by atoms with van der Waals surface area (Å²) in [5.41, 5.74) is -0.425. The van der Waals surface area contributed by atoms with Crippen LogP contribution < -0.4 is 10.6 Å². The molecule has 0 bridgehead atoms. The number of carbonyl (C=O) groups is 2. The van der Waals surface area contributed by atoms with Crippen LogP contribution in [0.15, 0.2) is 0 Å². The van der Waals surface area contributed by atoms with Gasteiger partial charge in [0.05, 0.1) is 6.61 Å². The first-order valence-electron chi connectivity index (χ1n) is 6.16. The van der Waals surface area contributed by atoms with Crippen LogP contribution in [0, 0.1) is 0 Å². The predicted octanol–water partition coefficient (Wildman–Crippen LogP) is 1.37. The van der Waals surface area contributed by atoms with Crippen LogP contribution in [-0.4, -0.2) is 42.8 Å². The summed E-state index contributed by atoms with van der Waals surface area (Å²) in [4.78, 5) is 23.0. The van der Waals surface area contributed by atoms with Gasteiger partial charge >= 0.3 is 6.18 Å². The van der Waals surface area contributed by atoms with E-state index >= 15 is 0 Å². The number of ether oxygens (including phenoxy) is 1. The lowest BCUT2D eigenvalue weighted by Gasteiger charge is -2.23. The number of amides is 2. The molecule has 0 saturated heterocycles. The van der Waals surface area contributed by atoms with Gasteiger partial charge in [0.25, 0.3) is 0 Å². The van der Waals surface area contributed by atoms with Gasteiger partial charge in [0.15, 0.2) is 0 Å². The number of nitrogens with one attached hydrogen (secondary N) is 2. The summed E-state index contributed by atoms with van der Waals surface area (Å²) in [6.07, 6.45) is -4.64. The van der Waals surface area contributed by atoms with Crippen molar-refractivity contribution >= 4 is 11.8 Å². The zero-order chi connectivity index (χ0) is 16.0. The van der Waals surface area contributed by atoms with Gasteiger partial charge in [-0.1, -0.05) is 0 Å². The number of hydrogen-bond donors (Lipinski definition) is 2. The second-order valence-corrected chi connectivity index (χ2v) is 5.45. The van der Waals surface area contributed by atoms with E-state index in [0.717, 1.165) is 0 Å². The van der Waals surface area contributed by atoms with Gasteiger partial charge in [0, 0.05) is 12.0 Å². The lowest BCUT2D eigenvalue weighted by molar-refractivity contribution is -0.174. The molecule has 0 aliphatic heterocycles. The molecule has 2 N–H and O–H groups in total. The Labute approximate surface area is 116 Å². The molecule has 0 aliphatic rings. The van der Waals surface area contributed by atoms with Crippen molar-refractivity contribution < 1.29 is 27.5 Å². The van der Waals surface area contributed by atoms with Crippen molar-refractivity contribution in [2.75, 3.05) is 13.2 Å². The first-order chi connectivity index (χ1) is 8.91. The third-order valence-electron chi connectivity index (χ3n) is 2.01. The fourth-order valence-corrected chi connectivity index (χ4v) is 1.21. The van der Waals surface area contributed by atoms with Gasteiger partial charge in [0.2, 0.25) is 11.8 Å². The molecule has 0 aliphatic carbocycles. The summed E-state index contributed by atoms with van der Waals surface area (Å²) in [5, 5.41) is 5.07. The molecule has 0 saturated carbocycles. The largest absolute Gasteiger partial charge is 0.411 e. The summed E-state index contributed by atoms with van der Waals surface area (Å²) in [6.45, 7) is 5.15. The second kappa shape index (κ2) is 7.47. The molecule has 0 spiro atoms. The normalized spacial score (nSPS) is 13.8. The molecule has 0 aromatic carbocycles. The highest BCUT2D eigenvalue weighted by atomic mass is 19.4. The molecule has 20 heavy (non-hydrogen) atoms. The topological polar surface area (TPSA) is 67.4 Å². The molecule has 8 heteroatoms. The van der Waals surface area contributed by atoms with Crippen LogP contribution in [0.3, 0.4) is 0 Å². The summed E-state index contributed by atoms with van der Waals surface area (Å²) >= 11 is 0. The van der Waals surface area contributed by atoms with Crippen LogP contribution in [0.25, 0.3) is 0 Å². The zero-order valence-electron chi connectivity index (χ0n) is 12.1. The van der Waals surface area contributed by atoms with E-state index in [-0.39, 0.29) is 18.9 Å². The summed E-state index contributed by atoms with van der Waals surface area (Å²) < 4.78 is 39.6. The van der Waals surface area contributed by atoms with Crippen molar-refractivity contribution in [3.63, 3.8) is 0 Å². The fraction of sp³-hybridized carbons (Fsp3) is 0.833. The lowest BCUT2D eigenvalue weighted by Crippen LogP contribution is -2.50. The minimum Gasteiger partial charge on any atom is -0.372 e. The quantitative estimate of drug-likeness (QED) is 0.728. The highest BCUT2D eigenvalue weighted by molar-refractivity contribution is 5.87. The van der Waals surface area contributed by atoms with Gasteiger partial charge in [-0.05, 0) is 27.7 Å². The molecule has 0 rings (SSSR count). The number of hydrogen-bond acceptors (Lipinski definition) is 3. The van der Waals surface area contributed by atoms with Crippen molar-refractivity contribution in [3.05, 3.63) is 0 Å². The molecule has 2 amide bonds. The molecule has 0 aromatic rings. The van der Waals surface area contributed by atoms with Gasteiger partial charge in [-0.2, -0.15) is 13.2 Å².